The fraction of sp³-hybridized carbons (Fsp3) is 0.167. The van der Waals surface area contributed by atoms with Gasteiger partial charge in [0.2, 0.25) is 5.91 Å². The fourth-order valence-electron chi connectivity index (χ4n) is 3.15. The van der Waals surface area contributed by atoms with Crippen molar-refractivity contribution >= 4 is 46.6 Å². The Labute approximate surface area is 213 Å². The zero-order valence-electron chi connectivity index (χ0n) is 18.5. The summed E-state index contributed by atoms with van der Waals surface area (Å²) in [5.41, 5.74) is -1.16. The van der Waals surface area contributed by atoms with Crippen LogP contribution in [0.4, 0.5) is 24.5 Å². The Kier molecular flexibility index (Phi) is 8.94. The quantitative estimate of drug-likeness (QED) is 0.199. The molecule has 0 radical (unpaired) electrons. The molecule has 2 amide bonds. The number of para-hydroxylation sites is 1. The Hall–Kier alpha value is -3.57. The van der Waals surface area contributed by atoms with E-state index in [-0.39, 0.29) is 22.1 Å². The number of nitrogens with one attached hydrogen (secondary N) is 2. The maximum Gasteiger partial charge on any atom is 0.418 e. The van der Waals surface area contributed by atoms with Gasteiger partial charge in [0.25, 0.3) is 11.6 Å². The lowest BCUT2D eigenvalue weighted by molar-refractivity contribution is -0.387. The van der Waals surface area contributed by atoms with Gasteiger partial charge in [-0.3, -0.25) is 19.7 Å². The van der Waals surface area contributed by atoms with Crippen molar-refractivity contribution in [2.24, 2.45) is 0 Å². The van der Waals surface area contributed by atoms with Crippen LogP contribution < -0.4 is 10.6 Å². The van der Waals surface area contributed by atoms with Gasteiger partial charge in [0.15, 0.2) is 0 Å². The summed E-state index contributed by atoms with van der Waals surface area (Å²) in [5.74, 6) is -1.38. The lowest BCUT2D eigenvalue weighted by atomic mass is 10.1. The number of hydrogen-bond acceptors (Lipinski definition) is 5. The Morgan fingerprint density at radius 3 is 2.39 bits per heavy atom. The zero-order valence-corrected chi connectivity index (χ0v) is 20.0. The van der Waals surface area contributed by atoms with Crippen LogP contribution in [-0.2, 0) is 17.4 Å². The molecule has 0 aliphatic carbocycles. The summed E-state index contributed by atoms with van der Waals surface area (Å²) in [4.78, 5) is 35.6. The Balaban J connectivity index is 1.62. The van der Waals surface area contributed by atoms with Crippen molar-refractivity contribution in [2.45, 2.75) is 17.5 Å². The molecule has 0 atom stereocenters. The molecule has 188 valence electrons. The van der Waals surface area contributed by atoms with E-state index >= 15 is 0 Å². The van der Waals surface area contributed by atoms with E-state index in [2.05, 4.69) is 10.6 Å². The maximum atomic E-state index is 13.2. The third-order valence-electron chi connectivity index (χ3n) is 4.91. The number of alkyl halides is 3. The Bertz CT molecular complexity index is 1270. The van der Waals surface area contributed by atoms with Gasteiger partial charge in [0.05, 0.1) is 26.8 Å². The van der Waals surface area contributed by atoms with Gasteiger partial charge < -0.3 is 10.6 Å². The molecule has 0 unspecified atom stereocenters. The third kappa shape index (κ3) is 7.46. The average molecular weight is 538 g/mol. The molecule has 3 aromatic rings. The molecule has 36 heavy (non-hydrogen) atoms. The highest BCUT2D eigenvalue weighted by molar-refractivity contribution is 8.00. The Morgan fingerprint density at radius 1 is 1.03 bits per heavy atom. The number of benzene rings is 3. The molecule has 0 fully saturated rings. The molecule has 0 saturated heterocycles. The molecule has 0 saturated carbocycles. The van der Waals surface area contributed by atoms with Crippen molar-refractivity contribution in [3.8, 4) is 0 Å². The van der Waals surface area contributed by atoms with E-state index in [1.54, 1.807) is 12.1 Å². The second-order valence-electron chi connectivity index (χ2n) is 7.45. The first-order valence-electron chi connectivity index (χ1n) is 10.4. The summed E-state index contributed by atoms with van der Waals surface area (Å²) < 4.78 is 39.5. The number of carbonyl (C=O) groups is 2. The number of thioether (sulfide) groups is 1. The molecule has 7 nitrogen and oxygen atoms in total. The first-order chi connectivity index (χ1) is 17.0. The van der Waals surface area contributed by atoms with Gasteiger partial charge in [-0.05, 0) is 48.4 Å². The normalized spacial score (nSPS) is 11.1. The first-order valence-corrected chi connectivity index (χ1v) is 11.8. The van der Waals surface area contributed by atoms with Crippen LogP contribution in [0, 0.1) is 10.1 Å². The van der Waals surface area contributed by atoms with Gasteiger partial charge in [-0.2, -0.15) is 13.2 Å². The van der Waals surface area contributed by atoms with Crippen LogP contribution in [-0.4, -0.2) is 29.0 Å². The van der Waals surface area contributed by atoms with Gasteiger partial charge in [-0.25, -0.2) is 0 Å². The first kappa shape index (κ1) is 27.0. The molecule has 12 heteroatoms. The molecule has 0 spiro atoms. The summed E-state index contributed by atoms with van der Waals surface area (Å²) in [6, 6.07) is 15.1. The van der Waals surface area contributed by atoms with E-state index in [0.717, 1.165) is 35.5 Å². The van der Waals surface area contributed by atoms with Gasteiger partial charge in [-0.15, -0.1) is 11.8 Å². The van der Waals surface area contributed by atoms with Crippen molar-refractivity contribution in [3.63, 3.8) is 0 Å². The number of nitrogens with zero attached hydrogens (tertiary/aromatic N) is 1. The van der Waals surface area contributed by atoms with Crippen LogP contribution in [0.5, 0.6) is 0 Å². The minimum atomic E-state index is -4.69. The summed E-state index contributed by atoms with van der Waals surface area (Å²) in [6.45, 7) is 0.363. The third-order valence-corrected chi connectivity index (χ3v) is 6.22. The lowest BCUT2D eigenvalue weighted by Crippen LogP contribution is -2.27. The highest BCUT2D eigenvalue weighted by atomic mass is 35.5. The highest BCUT2D eigenvalue weighted by Gasteiger charge is 2.33. The van der Waals surface area contributed by atoms with Crippen LogP contribution >= 0.6 is 23.4 Å². The lowest BCUT2D eigenvalue weighted by Gasteiger charge is -2.13. The molecule has 0 aliphatic rings. The predicted octanol–water partition coefficient (Wildman–Crippen LogP) is 5.97. The number of halogens is 4. The standard InChI is InChI=1S/C24H19ClF3N3O4S/c25-17-8-5-15(6-9-17)11-12-29-22(32)14-36-21-10-7-16(13-20(21)31(34)35)23(33)30-19-4-2-1-3-18(19)24(26,27)28/h1-10,13H,11-12,14H2,(H,29,32)(H,30,33). The molecule has 3 rings (SSSR count). The van der Waals surface area contributed by atoms with Gasteiger partial charge in [-0.1, -0.05) is 35.9 Å². The number of amides is 2. The largest absolute Gasteiger partial charge is 0.418 e. The predicted molar refractivity (Wildman–Crippen MR) is 131 cm³/mol. The molecule has 3 aromatic carbocycles. The van der Waals surface area contributed by atoms with E-state index in [0.29, 0.717) is 18.0 Å². The minimum absolute atomic E-state index is 0.105. The summed E-state index contributed by atoms with van der Waals surface area (Å²) >= 11 is 6.74. The number of nitro benzene ring substituents is 1. The maximum absolute atomic E-state index is 13.2. The van der Waals surface area contributed by atoms with Gasteiger partial charge >= 0.3 is 6.18 Å². The van der Waals surface area contributed by atoms with Crippen LogP contribution in [0.2, 0.25) is 5.02 Å². The van der Waals surface area contributed by atoms with Crippen LogP contribution in [0.25, 0.3) is 0 Å². The van der Waals surface area contributed by atoms with E-state index in [4.69, 9.17) is 11.6 Å². The Morgan fingerprint density at radius 2 is 1.72 bits per heavy atom. The molecule has 0 aromatic heterocycles. The van der Waals surface area contributed by atoms with E-state index < -0.39 is 33.9 Å². The van der Waals surface area contributed by atoms with Crippen molar-refractivity contribution in [2.75, 3.05) is 17.6 Å². The van der Waals surface area contributed by atoms with Crippen LogP contribution in [0.15, 0.2) is 71.6 Å². The van der Waals surface area contributed by atoms with Crippen molar-refractivity contribution in [1.82, 2.24) is 5.32 Å². The zero-order chi connectivity index (χ0) is 26.3. The van der Waals surface area contributed by atoms with E-state index in [1.807, 2.05) is 12.1 Å². The number of nitro groups is 1. The second kappa shape index (κ2) is 11.9. The summed E-state index contributed by atoms with van der Waals surface area (Å²) in [5, 5.41) is 17.0. The molecule has 0 bridgehead atoms. The topological polar surface area (TPSA) is 101 Å². The average Bonchev–Trinajstić information content (AvgIpc) is 2.83. The van der Waals surface area contributed by atoms with Crippen LogP contribution in [0.1, 0.15) is 21.5 Å². The van der Waals surface area contributed by atoms with Gasteiger partial charge in [0, 0.05) is 23.2 Å². The minimum Gasteiger partial charge on any atom is -0.355 e. The SMILES string of the molecule is O=C(CSc1ccc(C(=O)Nc2ccccc2C(F)(F)F)cc1[N+](=O)[O-])NCCc1ccc(Cl)cc1. The van der Waals surface area contributed by atoms with E-state index in [1.165, 1.54) is 24.3 Å². The number of carbonyl (C=O) groups excluding carboxylic acids is 2. The fourth-order valence-corrected chi connectivity index (χ4v) is 4.11. The molecule has 0 aliphatic heterocycles. The monoisotopic (exact) mass is 537 g/mol. The number of rotatable bonds is 9. The van der Waals surface area contributed by atoms with Crippen molar-refractivity contribution < 1.29 is 27.7 Å². The van der Waals surface area contributed by atoms with Crippen LogP contribution in [0.3, 0.4) is 0 Å². The molecule has 2 N–H and O–H groups in total. The molecular formula is C24H19ClF3N3O4S. The summed E-state index contributed by atoms with van der Waals surface area (Å²) in [7, 11) is 0. The van der Waals surface area contributed by atoms with Gasteiger partial charge in [0.1, 0.15) is 0 Å². The summed E-state index contributed by atoms with van der Waals surface area (Å²) in [6.07, 6.45) is -4.11. The smallest absolute Gasteiger partial charge is 0.355 e. The number of anilines is 1. The number of hydrogen-bond donors (Lipinski definition) is 2. The van der Waals surface area contributed by atoms with Crippen molar-refractivity contribution in [1.29, 1.82) is 0 Å². The van der Waals surface area contributed by atoms with E-state index in [9.17, 15) is 32.9 Å². The molecular weight excluding hydrogens is 519 g/mol. The second-order valence-corrected chi connectivity index (χ2v) is 8.91. The van der Waals surface area contributed by atoms with Crippen molar-refractivity contribution in [3.05, 3.63) is 98.6 Å². The molecule has 0 heterocycles. The highest BCUT2D eigenvalue weighted by Crippen LogP contribution is 2.35.